The molecule has 5 aromatic rings. The van der Waals surface area contributed by atoms with E-state index in [1.165, 1.54) is 48.2 Å². The van der Waals surface area contributed by atoms with Gasteiger partial charge in [0.05, 0.1) is 45.5 Å². The quantitative estimate of drug-likeness (QED) is 0.299. The van der Waals surface area contributed by atoms with Crippen molar-refractivity contribution >= 4 is 0 Å². The Hall–Kier alpha value is -3.99. The van der Waals surface area contributed by atoms with Crippen LogP contribution in [0, 0.1) is 0 Å². The maximum atomic E-state index is 5.32. The van der Waals surface area contributed by atoms with Crippen LogP contribution in [0.5, 0.6) is 0 Å². The van der Waals surface area contributed by atoms with Crippen molar-refractivity contribution < 1.29 is 0 Å². The Morgan fingerprint density at radius 3 is 1.39 bits per heavy atom. The first-order valence-corrected chi connectivity index (χ1v) is 13.2. The number of aryl methyl sites for hydroxylation is 2. The van der Waals surface area contributed by atoms with Crippen molar-refractivity contribution in [3.05, 3.63) is 101 Å². The zero-order valence-electron chi connectivity index (χ0n) is 20.4. The molecule has 0 unspecified atom stereocenters. The third-order valence-electron chi connectivity index (χ3n) is 7.55. The second-order valence-corrected chi connectivity index (χ2v) is 9.86. The van der Waals surface area contributed by atoms with Gasteiger partial charge in [0.25, 0.3) is 0 Å². The van der Waals surface area contributed by atoms with E-state index in [0.29, 0.717) is 0 Å². The Morgan fingerprint density at radius 2 is 0.917 bits per heavy atom. The minimum atomic E-state index is 0.984. The highest BCUT2D eigenvalue weighted by Gasteiger charge is 2.26. The number of pyridine rings is 1. The van der Waals surface area contributed by atoms with Gasteiger partial charge in [-0.15, -0.1) is 0 Å². The summed E-state index contributed by atoms with van der Waals surface area (Å²) in [5, 5.41) is 10.2. The van der Waals surface area contributed by atoms with Crippen LogP contribution in [0.3, 0.4) is 0 Å². The SMILES string of the molecule is c1ccc(-n2nc3c(c2-c2cccc(-c4c5c(nn4-c4ccccc4)CCCC5)n2)CCCC3)cc1. The predicted molar refractivity (Wildman–Crippen MR) is 143 cm³/mol. The normalized spacial score (nSPS) is 14.9. The van der Waals surface area contributed by atoms with Crippen LogP contribution in [0.2, 0.25) is 0 Å². The zero-order chi connectivity index (χ0) is 23.9. The summed E-state index contributed by atoms with van der Waals surface area (Å²) < 4.78 is 4.23. The van der Waals surface area contributed by atoms with Crippen LogP contribution in [0.1, 0.15) is 48.2 Å². The lowest BCUT2D eigenvalue weighted by Gasteiger charge is -2.15. The lowest BCUT2D eigenvalue weighted by atomic mass is 9.94. The van der Waals surface area contributed by atoms with Crippen LogP contribution in [0.15, 0.2) is 78.9 Å². The lowest BCUT2D eigenvalue weighted by molar-refractivity contribution is 0.671. The molecule has 0 saturated carbocycles. The van der Waals surface area contributed by atoms with Crippen molar-refractivity contribution in [2.24, 2.45) is 0 Å². The van der Waals surface area contributed by atoms with Crippen molar-refractivity contribution in [1.82, 2.24) is 24.5 Å². The molecule has 0 N–H and O–H groups in total. The van der Waals surface area contributed by atoms with Crippen molar-refractivity contribution in [2.75, 3.05) is 0 Å². The van der Waals surface area contributed by atoms with Crippen molar-refractivity contribution in [3.8, 4) is 34.2 Å². The summed E-state index contributed by atoms with van der Waals surface area (Å²) in [6, 6.07) is 27.4. The standard InChI is InChI=1S/C31H29N5/c1-3-12-22(13-4-1)35-30(24-16-7-9-18-26(24)33-35)28-20-11-21-29(32-28)31-25-17-8-10-19-27(25)34-36(31)23-14-5-2-6-15-23/h1-6,11-15,20-21H,7-10,16-19H2. The van der Waals surface area contributed by atoms with Crippen molar-refractivity contribution in [3.63, 3.8) is 0 Å². The fourth-order valence-corrected chi connectivity index (χ4v) is 5.84. The average Bonchev–Trinajstić information content (AvgIpc) is 3.53. The third kappa shape index (κ3) is 3.58. The van der Waals surface area contributed by atoms with Gasteiger partial charge >= 0.3 is 0 Å². The Morgan fingerprint density at radius 1 is 0.472 bits per heavy atom. The Bertz CT molecular complexity index is 1420. The molecule has 7 rings (SSSR count). The van der Waals surface area contributed by atoms with Gasteiger partial charge in [0, 0.05) is 11.1 Å². The molecule has 3 heterocycles. The van der Waals surface area contributed by atoms with Crippen molar-refractivity contribution in [1.29, 1.82) is 0 Å². The molecule has 3 aromatic heterocycles. The summed E-state index contributed by atoms with van der Waals surface area (Å²) >= 11 is 0. The molecule has 0 saturated heterocycles. The molecule has 0 amide bonds. The molecule has 178 valence electrons. The van der Waals surface area contributed by atoms with Crippen LogP contribution < -0.4 is 0 Å². The molecule has 0 aliphatic heterocycles. The summed E-state index contributed by atoms with van der Waals surface area (Å²) in [6.45, 7) is 0. The molecule has 0 fully saturated rings. The Kier molecular flexibility index (Phi) is 5.27. The van der Waals surface area contributed by atoms with E-state index >= 15 is 0 Å². The first-order chi connectivity index (χ1) is 17.9. The number of benzene rings is 2. The van der Waals surface area contributed by atoms with Crippen LogP contribution in [0.4, 0.5) is 0 Å². The Labute approximate surface area is 211 Å². The van der Waals surface area contributed by atoms with Gasteiger partial charge in [-0.3, -0.25) is 0 Å². The van der Waals surface area contributed by atoms with Crippen LogP contribution in [-0.2, 0) is 25.7 Å². The predicted octanol–water partition coefficient (Wildman–Crippen LogP) is 6.54. The second kappa shape index (κ2) is 8.90. The van der Waals surface area contributed by atoms with Gasteiger partial charge in [-0.05, 0) is 87.8 Å². The van der Waals surface area contributed by atoms with Gasteiger partial charge in [0.1, 0.15) is 0 Å². The van der Waals surface area contributed by atoms with E-state index in [9.17, 15) is 0 Å². The summed E-state index contributed by atoms with van der Waals surface area (Å²) in [6.07, 6.45) is 9.00. The number of nitrogens with zero attached hydrogens (tertiary/aromatic N) is 5. The van der Waals surface area contributed by atoms with E-state index in [1.54, 1.807) is 0 Å². The minimum absolute atomic E-state index is 0.984. The third-order valence-corrected chi connectivity index (χ3v) is 7.55. The summed E-state index contributed by atoms with van der Waals surface area (Å²) in [5.41, 5.74) is 11.6. The molecule has 0 bridgehead atoms. The zero-order valence-corrected chi connectivity index (χ0v) is 20.4. The van der Waals surface area contributed by atoms with Gasteiger partial charge in [-0.1, -0.05) is 42.5 Å². The minimum Gasteiger partial charge on any atom is -0.244 e. The van der Waals surface area contributed by atoms with Crippen LogP contribution in [0.25, 0.3) is 34.2 Å². The topological polar surface area (TPSA) is 48.5 Å². The molecule has 2 aliphatic carbocycles. The Balaban J connectivity index is 1.43. The number of rotatable bonds is 4. The molecule has 5 nitrogen and oxygen atoms in total. The summed E-state index contributed by atoms with van der Waals surface area (Å²) in [7, 11) is 0. The van der Waals surface area contributed by atoms with Crippen molar-refractivity contribution in [2.45, 2.75) is 51.4 Å². The molecule has 2 aliphatic rings. The maximum Gasteiger partial charge on any atom is 0.0960 e. The number of hydrogen-bond donors (Lipinski definition) is 0. The fraction of sp³-hybridized carbons (Fsp3) is 0.258. The molecular weight excluding hydrogens is 442 g/mol. The number of fused-ring (bicyclic) bond motifs is 2. The molecule has 0 spiro atoms. The van der Waals surface area contributed by atoms with E-state index in [2.05, 4.69) is 88.2 Å². The van der Waals surface area contributed by atoms with E-state index in [4.69, 9.17) is 15.2 Å². The van der Waals surface area contributed by atoms with Gasteiger partial charge in [-0.2, -0.15) is 10.2 Å². The number of aromatic nitrogens is 5. The molecule has 5 heteroatoms. The van der Waals surface area contributed by atoms with Crippen LogP contribution in [-0.4, -0.2) is 24.5 Å². The average molecular weight is 472 g/mol. The highest BCUT2D eigenvalue weighted by molar-refractivity contribution is 5.70. The number of hydrogen-bond acceptors (Lipinski definition) is 3. The highest BCUT2D eigenvalue weighted by Crippen LogP contribution is 2.36. The van der Waals surface area contributed by atoms with Gasteiger partial charge in [0.2, 0.25) is 0 Å². The lowest BCUT2D eigenvalue weighted by Crippen LogP contribution is -2.05. The first-order valence-electron chi connectivity index (χ1n) is 13.2. The smallest absolute Gasteiger partial charge is 0.0960 e. The molecule has 36 heavy (non-hydrogen) atoms. The van der Waals surface area contributed by atoms with E-state index in [-0.39, 0.29) is 0 Å². The highest BCUT2D eigenvalue weighted by atomic mass is 15.3. The number of para-hydroxylation sites is 2. The summed E-state index contributed by atoms with van der Waals surface area (Å²) in [4.78, 5) is 5.32. The van der Waals surface area contributed by atoms with Crippen LogP contribution >= 0.6 is 0 Å². The van der Waals surface area contributed by atoms with Gasteiger partial charge < -0.3 is 0 Å². The van der Waals surface area contributed by atoms with E-state index < -0.39 is 0 Å². The largest absolute Gasteiger partial charge is 0.244 e. The van der Waals surface area contributed by atoms with Gasteiger partial charge in [0.15, 0.2) is 0 Å². The van der Waals surface area contributed by atoms with E-state index in [0.717, 1.165) is 59.8 Å². The molecule has 0 radical (unpaired) electrons. The molecular formula is C31H29N5. The molecule has 0 atom stereocenters. The summed E-state index contributed by atoms with van der Waals surface area (Å²) in [5.74, 6) is 0. The maximum absolute atomic E-state index is 5.32. The molecule has 2 aromatic carbocycles. The first kappa shape index (κ1) is 21.3. The monoisotopic (exact) mass is 471 g/mol. The van der Waals surface area contributed by atoms with E-state index in [1.807, 2.05) is 0 Å². The second-order valence-electron chi connectivity index (χ2n) is 9.86. The fourth-order valence-electron chi connectivity index (χ4n) is 5.84. The van der Waals surface area contributed by atoms with Gasteiger partial charge in [-0.25, -0.2) is 14.3 Å².